The van der Waals surface area contributed by atoms with Gasteiger partial charge < -0.3 is 4.42 Å². The standard InChI is InChI=1S/C17H19N3O2S/c1-12(14-8-6-10-22-14)19(2)11-16(21)20(3)17-18-13-7-4-5-9-15(13)23-17/h4-10,12H,11H2,1-3H3/t12-/m1/s1. The molecule has 0 N–H and O–H groups in total. The predicted molar refractivity (Wildman–Crippen MR) is 92.8 cm³/mol. The number of likely N-dealkylation sites (N-methyl/N-ethyl adjacent to an activating group) is 2. The van der Waals surface area contributed by atoms with Crippen LogP contribution in [0.5, 0.6) is 0 Å². The van der Waals surface area contributed by atoms with Crippen molar-refractivity contribution in [2.75, 3.05) is 25.5 Å². The summed E-state index contributed by atoms with van der Waals surface area (Å²) in [6, 6.07) is 11.7. The molecule has 0 radical (unpaired) electrons. The van der Waals surface area contributed by atoms with Crippen molar-refractivity contribution in [3.8, 4) is 0 Å². The highest BCUT2D eigenvalue weighted by Gasteiger charge is 2.21. The van der Waals surface area contributed by atoms with Gasteiger partial charge in [-0.05, 0) is 38.2 Å². The molecule has 0 aliphatic carbocycles. The number of benzene rings is 1. The SMILES string of the molecule is C[C@H](c1ccco1)N(C)CC(=O)N(C)c1nc2ccccc2s1. The van der Waals surface area contributed by atoms with Gasteiger partial charge in [-0.25, -0.2) is 4.98 Å². The number of hydrogen-bond donors (Lipinski definition) is 0. The smallest absolute Gasteiger partial charge is 0.242 e. The van der Waals surface area contributed by atoms with E-state index in [4.69, 9.17) is 4.42 Å². The molecule has 6 heteroatoms. The van der Waals surface area contributed by atoms with Crippen LogP contribution in [0.15, 0.2) is 47.1 Å². The molecule has 0 saturated carbocycles. The van der Waals surface area contributed by atoms with Gasteiger partial charge in [0.1, 0.15) is 5.76 Å². The summed E-state index contributed by atoms with van der Waals surface area (Å²) in [5.74, 6) is 0.855. The zero-order chi connectivity index (χ0) is 16.4. The number of thiazole rings is 1. The van der Waals surface area contributed by atoms with Crippen LogP contribution in [-0.2, 0) is 4.79 Å². The molecule has 120 valence electrons. The van der Waals surface area contributed by atoms with E-state index in [0.29, 0.717) is 6.54 Å². The van der Waals surface area contributed by atoms with Gasteiger partial charge in [-0.1, -0.05) is 23.5 Å². The summed E-state index contributed by atoms with van der Waals surface area (Å²) >= 11 is 1.52. The third-order valence-corrected chi connectivity index (χ3v) is 5.06. The quantitative estimate of drug-likeness (QED) is 0.718. The van der Waals surface area contributed by atoms with Crippen LogP contribution in [0.2, 0.25) is 0 Å². The molecular formula is C17H19N3O2S. The van der Waals surface area contributed by atoms with E-state index in [1.54, 1.807) is 18.2 Å². The Bertz CT molecular complexity index is 764. The number of carbonyl (C=O) groups is 1. The molecule has 0 unspecified atom stereocenters. The lowest BCUT2D eigenvalue weighted by Gasteiger charge is -2.24. The zero-order valence-corrected chi connectivity index (χ0v) is 14.2. The first-order valence-corrected chi connectivity index (χ1v) is 8.23. The Morgan fingerprint density at radius 1 is 1.26 bits per heavy atom. The minimum absolute atomic E-state index is 0.00459. The Morgan fingerprint density at radius 2 is 2.04 bits per heavy atom. The van der Waals surface area contributed by atoms with Crippen LogP contribution in [0, 0.1) is 0 Å². The predicted octanol–water partition coefficient (Wildman–Crippen LogP) is 3.55. The second kappa shape index (κ2) is 6.52. The Labute approximate surface area is 139 Å². The fourth-order valence-electron chi connectivity index (χ4n) is 2.31. The topological polar surface area (TPSA) is 49.6 Å². The van der Waals surface area contributed by atoms with Crippen LogP contribution in [-0.4, -0.2) is 36.4 Å². The molecule has 5 nitrogen and oxygen atoms in total. The highest BCUT2D eigenvalue weighted by atomic mass is 32.1. The number of anilines is 1. The molecule has 3 aromatic rings. The molecule has 0 aliphatic heterocycles. The van der Waals surface area contributed by atoms with Gasteiger partial charge in [0.15, 0.2) is 5.13 Å². The highest BCUT2D eigenvalue weighted by Crippen LogP contribution is 2.28. The molecule has 0 fully saturated rings. The Morgan fingerprint density at radius 3 is 2.74 bits per heavy atom. The van der Waals surface area contributed by atoms with Gasteiger partial charge in [-0.2, -0.15) is 0 Å². The molecule has 0 saturated heterocycles. The second-order valence-electron chi connectivity index (χ2n) is 5.52. The molecule has 1 atom stereocenters. The molecule has 1 aromatic carbocycles. The first kappa shape index (κ1) is 15.7. The largest absolute Gasteiger partial charge is 0.468 e. The van der Waals surface area contributed by atoms with E-state index < -0.39 is 0 Å². The summed E-state index contributed by atoms with van der Waals surface area (Å²) < 4.78 is 6.49. The number of para-hydroxylation sites is 1. The number of furan rings is 1. The van der Waals surface area contributed by atoms with E-state index in [1.807, 2.05) is 55.3 Å². The first-order valence-electron chi connectivity index (χ1n) is 7.42. The second-order valence-corrected chi connectivity index (χ2v) is 6.53. The lowest BCUT2D eigenvalue weighted by molar-refractivity contribution is -0.119. The monoisotopic (exact) mass is 329 g/mol. The van der Waals surface area contributed by atoms with E-state index in [9.17, 15) is 4.79 Å². The van der Waals surface area contributed by atoms with E-state index in [1.165, 1.54) is 11.3 Å². The minimum atomic E-state index is 0.00459. The van der Waals surface area contributed by atoms with Crippen molar-refractivity contribution in [3.63, 3.8) is 0 Å². The molecular weight excluding hydrogens is 310 g/mol. The van der Waals surface area contributed by atoms with Gasteiger partial charge in [0.05, 0.1) is 29.1 Å². The number of amides is 1. The highest BCUT2D eigenvalue weighted by molar-refractivity contribution is 7.22. The van der Waals surface area contributed by atoms with Crippen molar-refractivity contribution < 1.29 is 9.21 Å². The van der Waals surface area contributed by atoms with Crippen molar-refractivity contribution in [1.29, 1.82) is 0 Å². The number of hydrogen-bond acceptors (Lipinski definition) is 5. The lowest BCUT2D eigenvalue weighted by atomic mass is 10.2. The molecule has 23 heavy (non-hydrogen) atoms. The van der Waals surface area contributed by atoms with Crippen molar-refractivity contribution >= 4 is 32.6 Å². The van der Waals surface area contributed by atoms with E-state index in [0.717, 1.165) is 21.1 Å². The Balaban J connectivity index is 1.69. The fraction of sp³-hybridized carbons (Fsp3) is 0.294. The maximum absolute atomic E-state index is 12.5. The number of rotatable bonds is 5. The summed E-state index contributed by atoms with van der Waals surface area (Å²) in [6.45, 7) is 2.32. The summed E-state index contributed by atoms with van der Waals surface area (Å²) in [6.07, 6.45) is 1.65. The van der Waals surface area contributed by atoms with E-state index >= 15 is 0 Å². The van der Waals surface area contributed by atoms with Crippen molar-refractivity contribution in [2.45, 2.75) is 13.0 Å². The van der Waals surface area contributed by atoms with Crippen LogP contribution in [0.3, 0.4) is 0 Å². The van der Waals surface area contributed by atoms with Gasteiger partial charge in [-0.3, -0.25) is 14.6 Å². The van der Waals surface area contributed by atoms with Gasteiger partial charge in [0.25, 0.3) is 0 Å². The molecule has 0 spiro atoms. The van der Waals surface area contributed by atoms with Crippen LogP contribution in [0.4, 0.5) is 5.13 Å². The summed E-state index contributed by atoms with van der Waals surface area (Å²) in [7, 11) is 3.68. The molecule has 0 aliphatic rings. The summed E-state index contributed by atoms with van der Waals surface area (Å²) in [5, 5.41) is 0.718. The van der Waals surface area contributed by atoms with Crippen LogP contribution in [0.25, 0.3) is 10.2 Å². The average Bonchev–Trinajstić information content (AvgIpc) is 3.22. The van der Waals surface area contributed by atoms with Gasteiger partial charge in [-0.15, -0.1) is 0 Å². The number of aromatic nitrogens is 1. The van der Waals surface area contributed by atoms with Crippen molar-refractivity contribution in [1.82, 2.24) is 9.88 Å². The van der Waals surface area contributed by atoms with Crippen molar-refractivity contribution in [2.24, 2.45) is 0 Å². The summed E-state index contributed by atoms with van der Waals surface area (Å²) in [5.41, 5.74) is 0.921. The molecule has 2 heterocycles. The van der Waals surface area contributed by atoms with E-state index in [2.05, 4.69) is 4.98 Å². The Kier molecular flexibility index (Phi) is 4.45. The minimum Gasteiger partial charge on any atom is -0.468 e. The zero-order valence-electron chi connectivity index (χ0n) is 13.4. The van der Waals surface area contributed by atoms with Crippen LogP contribution < -0.4 is 4.90 Å². The normalized spacial score (nSPS) is 12.7. The van der Waals surface area contributed by atoms with Gasteiger partial charge in [0, 0.05) is 7.05 Å². The molecule has 3 rings (SSSR count). The molecule has 1 amide bonds. The third kappa shape index (κ3) is 3.28. The van der Waals surface area contributed by atoms with E-state index in [-0.39, 0.29) is 11.9 Å². The summed E-state index contributed by atoms with van der Waals surface area (Å²) in [4.78, 5) is 20.6. The third-order valence-electron chi connectivity index (χ3n) is 3.94. The van der Waals surface area contributed by atoms with Crippen LogP contribution >= 0.6 is 11.3 Å². The lowest BCUT2D eigenvalue weighted by Crippen LogP contribution is -2.37. The number of fused-ring (bicyclic) bond motifs is 1. The molecule has 2 aromatic heterocycles. The van der Waals surface area contributed by atoms with Gasteiger partial charge in [0.2, 0.25) is 5.91 Å². The molecule has 0 bridgehead atoms. The van der Waals surface area contributed by atoms with Crippen molar-refractivity contribution in [3.05, 3.63) is 48.4 Å². The maximum Gasteiger partial charge on any atom is 0.242 e. The fourth-order valence-corrected chi connectivity index (χ4v) is 3.26. The number of carbonyl (C=O) groups excluding carboxylic acids is 1. The maximum atomic E-state index is 12.5. The average molecular weight is 329 g/mol. The van der Waals surface area contributed by atoms with Gasteiger partial charge >= 0.3 is 0 Å². The van der Waals surface area contributed by atoms with Crippen LogP contribution in [0.1, 0.15) is 18.7 Å². The Hall–Kier alpha value is -2.18. The first-order chi connectivity index (χ1) is 11.1. The number of nitrogens with zero attached hydrogens (tertiary/aromatic N) is 3.